The minimum absolute atomic E-state index is 0.140. The van der Waals surface area contributed by atoms with Gasteiger partial charge in [-0.3, -0.25) is 4.79 Å². The molecule has 0 aliphatic carbocycles. The number of nitrogen functional groups attached to an aromatic ring is 1. The van der Waals surface area contributed by atoms with Crippen molar-refractivity contribution in [2.24, 2.45) is 5.73 Å². The summed E-state index contributed by atoms with van der Waals surface area (Å²) in [5, 5.41) is 0. The molecule has 2 aromatic carbocycles. The lowest BCUT2D eigenvalue weighted by molar-refractivity contribution is 0.0996. The number of ether oxygens (including phenoxy) is 1. The summed E-state index contributed by atoms with van der Waals surface area (Å²) in [5.41, 5.74) is 11.5. The van der Waals surface area contributed by atoms with Crippen molar-refractivity contribution in [2.45, 2.75) is 6.61 Å². The quantitative estimate of drug-likeness (QED) is 0.842. The Morgan fingerprint density at radius 1 is 1.15 bits per heavy atom. The predicted octanol–water partition coefficient (Wildman–Crippen LogP) is 2.22. The van der Waals surface area contributed by atoms with Gasteiger partial charge in [0.1, 0.15) is 24.0 Å². The number of halogens is 2. The highest BCUT2D eigenvalue weighted by Gasteiger charge is 2.11. The predicted molar refractivity (Wildman–Crippen MR) is 70.1 cm³/mol. The number of hydrogen-bond acceptors (Lipinski definition) is 3. The van der Waals surface area contributed by atoms with Gasteiger partial charge in [0.05, 0.1) is 5.56 Å². The molecule has 2 rings (SSSR count). The van der Waals surface area contributed by atoms with Gasteiger partial charge in [-0.05, 0) is 24.3 Å². The van der Waals surface area contributed by atoms with Crippen LogP contribution in [0.15, 0.2) is 36.4 Å². The largest absolute Gasteiger partial charge is 0.488 e. The molecular formula is C14H12F2N2O2. The smallest absolute Gasteiger partial charge is 0.252 e. The van der Waals surface area contributed by atoms with Crippen LogP contribution in [0.4, 0.5) is 14.5 Å². The summed E-state index contributed by atoms with van der Waals surface area (Å²) < 4.78 is 31.6. The van der Waals surface area contributed by atoms with Gasteiger partial charge in [-0.15, -0.1) is 0 Å². The molecule has 0 aromatic heterocycles. The maximum atomic E-state index is 13.5. The lowest BCUT2D eigenvalue weighted by Crippen LogP contribution is -2.13. The zero-order valence-corrected chi connectivity index (χ0v) is 10.4. The fourth-order valence-corrected chi connectivity index (χ4v) is 1.66. The van der Waals surface area contributed by atoms with Crippen LogP contribution in [-0.2, 0) is 6.61 Å². The van der Waals surface area contributed by atoms with E-state index in [1.54, 1.807) is 0 Å². The minimum atomic E-state index is -0.727. The summed E-state index contributed by atoms with van der Waals surface area (Å²) in [7, 11) is 0. The summed E-state index contributed by atoms with van der Waals surface area (Å²) in [6.07, 6.45) is 0. The molecule has 0 saturated carbocycles. The van der Waals surface area contributed by atoms with E-state index in [2.05, 4.69) is 0 Å². The Labute approximate surface area is 114 Å². The van der Waals surface area contributed by atoms with Gasteiger partial charge in [0.25, 0.3) is 5.91 Å². The van der Waals surface area contributed by atoms with Crippen molar-refractivity contribution in [3.63, 3.8) is 0 Å². The van der Waals surface area contributed by atoms with Gasteiger partial charge in [0, 0.05) is 23.4 Å². The van der Waals surface area contributed by atoms with Crippen molar-refractivity contribution < 1.29 is 18.3 Å². The van der Waals surface area contributed by atoms with E-state index in [4.69, 9.17) is 16.2 Å². The molecule has 4 N–H and O–H groups in total. The highest BCUT2D eigenvalue weighted by molar-refractivity contribution is 5.96. The van der Waals surface area contributed by atoms with Crippen molar-refractivity contribution in [3.05, 3.63) is 59.2 Å². The average Bonchev–Trinajstić information content (AvgIpc) is 2.37. The normalized spacial score (nSPS) is 10.3. The summed E-state index contributed by atoms with van der Waals surface area (Å²) >= 11 is 0. The SMILES string of the molecule is NC(=O)c1ccc(N)cc1OCc1ccc(F)cc1F. The van der Waals surface area contributed by atoms with E-state index < -0.39 is 17.5 Å². The fourth-order valence-electron chi connectivity index (χ4n) is 1.66. The Morgan fingerprint density at radius 3 is 2.55 bits per heavy atom. The van der Waals surface area contributed by atoms with Crippen LogP contribution in [0, 0.1) is 11.6 Å². The minimum Gasteiger partial charge on any atom is -0.488 e. The van der Waals surface area contributed by atoms with Gasteiger partial charge in [0.15, 0.2) is 0 Å². The fraction of sp³-hybridized carbons (Fsp3) is 0.0714. The number of carbonyl (C=O) groups excluding carboxylic acids is 1. The van der Waals surface area contributed by atoms with Crippen LogP contribution in [-0.4, -0.2) is 5.91 Å². The zero-order chi connectivity index (χ0) is 14.7. The van der Waals surface area contributed by atoms with Gasteiger partial charge in [-0.1, -0.05) is 0 Å². The molecule has 0 unspecified atom stereocenters. The van der Waals surface area contributed by atoms with Crippen molar-refractivity contribution >= 4 is 11.6 Å². The molecule has 0 aliphatic heterocycles. The van der Waals surface area contributed by atoms with Gasteiger partial charge < -0.3 is 16.2 Å². The Kier molecular flexibility index (Phi) is 3.84. The molecule has 0 aliphatic rings. The van der Waals surface area contributed by atoms with E-state index in [0.29, 0.717) is 5.69 Å². The first-order valence-electron chi connectivity index (χ1n) is 5.73. The highest BCUT2D eigenvalue weighted by atomic mass is 19.1. The Balaban J connectivity index is 2.22. The first kappa shape index (κ1) is 13.8. The molecule has 1 amide bonds. The standard InChI is InChI=1S/C14H12F2N2O2/c15-9-2-1-8(12(16)5-9)7-20-13-6-10(17)3-4-11(13)14(18)19/h1-6H,7,17H2,(H2,18,19). The van der Waals surface area contributed by atoms with Crippen molar-refractivity contribution in [3.8, 4) is 5.75 Å². The molecule has 0 atom stereocenters. The number of primary amides is 1. The Bertz CT molecular complexity index is 660. The molecule has 4 nitrogen and oxygen atoms in total. The number of amides is 1. The number of hydrogen-bond donors (Lipinski definition) is 2. The van der Waals surface area contributed by atoms with E-state index >= 15 is 0 Å². The highest BCUT2D eigenvalue weighted by Crippen LogP contribution is 2.23. The second-order valence-corrected chi connectivity index (χ2v) is 4.14. The van der Waals surface area contributed by atoms with Crippen LogP contribution < -0.4 is 16.2 Å². The van der Waals surface area contributed by atoms with Crippen molar-refractivity contribution in [1.82, 2.24) is 0 Å². The van der Waals surface area contributed by atoms with Gasteiger partial charge in [-0.2, -0.15) is 0 Å². The van der Waals surface area contributed by atoms with Crippen LogP contribution in [0.3, 0.4) is 0 Å². The maximum Gasteiger partial charge on any atom is 0.252 e. The molecule has 0 radical (unpaired) electrons. The van der Waals surface area contributed by atoms with Gasteiger partial charge in [0.2, 0.25) is 0 Å². The molecule has 0 spiro atoms. The number of anilines is 1. The number of rotatable bonds is 4. The first-order valence-corrected chi connectivity index (χ1v) is 5.73. The van der Waals surface area contributed by atoms with Crippen LogP contribution in [0.25, 0.3) is 0 Å². The molecule has 20 heavy (non-hydrogen) atoms. The first-order chi connectivity index (χ1) is 9.47. The molecule has 6 heteroatoms. The Hall–Kier alpha value is -2.63. The summed E-state index contributed by atoms with van der Waals surface area (Å²) in [5.74, 6) is -1.93. The third kappa shape index (κ3) is 3.03. The van der Waals surface area contributed by atoms with E-state index in [9.17, 15) is 13.6 Å². The average molecular weight is 278 g/mol. The second-order valence-electron chi connectivity index (χ2n) is 4.14. The maximum absolute atomic E-state index is 13.5. The molecule has 0 fully saturated rings. The molecule has 2 aromatic rings. The lowest BCUT2D eigenvalue weighted by Gasteiger charge is -2.11. The molecular weight excluding hydrogens is 266 g/mol. The van der Waals surface area contributed by atoms with Crippen LogP contribution in [0.1, 0.15) is 15.9 Å². The van der Waals surface area contributed by atoms with Crippen molar-refractivity contribution in [2.75, 3.05) is 5.73 Å². The third-order valence-corrected chi connectivity index (χ3v) is 2.67. The number of nitrogens with two attached hydrogens (primary N) is 2. The summed E-state index contributed by atoms with van der Waals surface area (Å²) in [6, 6.07) is 7.49. The van der Waals surface area contributed by atoms with Crippen LogP contribution in [0.2, 0.25) is 0 Å². The zero-order valence-electron chi connectivity index (χ0n) is 10.4. The lowest BCUT2D eigenvalue weighted by atomic mass is 10.1. The molecule has 0 saturated heterocycles. The summed E-state index contributed by atoms with van der Waals surface area (Å²) in [6.45, 7) is -0.171. The van der Waals surface area contributed by atoms with E-state index in [1.165, 1.54) is 24.3 Å². The molecule has 0 heterocycles. The van der Waals surface area contributed by atoms with E-state index in [0.717, 1.165) is 12.1 Å². The molecule has 104 valence electrons. The Morgan fingerprint density at radius 2 is 1.90 bits per heavy atom. The van der Waals surface area contributed by atoms with Gasteiger partial charge >= 0.3 is 0 Å². The number of benzene rings is 2. The topological polar surface area (TPSA) is 78.3 Å². The monoisotopic (exact) mass is 278 g/mol. The molecule has 0 bridgehead atoms. The number of carbonyl (C=O) groups is 1. The van der Waals surface area contributed by atoms with Crippen LogP contribution in [0.5, 0.6) is 5.75 Å². The summed E-state index contributed by atoms with van der Waals surface area (Å²) in [4.78, 5) is 11.2. The van der Waals surface area contributed by atoms with Gasteiger partial charge in [-0.25, -0.2) is 8.78 Å². The second kappa shape index (κ2) is 5.56. The third-order valence-electron chi connectivity index (χ3n) is 2.67. The van der Waals surface area contributed by atoms with Crippen molar-refractivity contribution in [1.29, 1.82) is 0 Å². The van der Waals surface area contributed by atoms with Crippen LogP contribution >= 0.6 is 0 Å². The van der Waals surface area contributed by atoms with E-state index in [1.807, 2.05) is 0 Å². The van der Waals surface area contributed by atoms with E-state index in [-0.39, 0.29) is 23.5 Å².